The Morgan fingerprint density at radius 2 is 2.14 bits per heavy atom. The summed E-state index contributed by atoms with van der Waals surface area (Å²) in [6.45, 7) is -0.321. The zero-order valence-electron chi connectivity index (χ0n) is 6.98. The molecule has 1 heterocycles. The van der Waals surface area contributed by atoms with Crippen LogP contribution < -0.4 is 0 Å². The summed E-state index contributed by atoms with van der Waals surface area (Å²) in [6.07, 6.45) is -2.74. The monoisotopic (exact) mass is 241 g/mol. The molecule has 78 valence electrons. The van der Waals surface area contributed by atoms with Crippen LogP contribution >= 0.6 is 23.2 Å². The Balaban J connectivity index is 3.23. The van der Waals surface area contributed by atoms with E-state index in [1.165, 1.54) is 6.07 Å². The number of pyridine rings is 1. The predicted octanol–water partition coefficient (Wildman–Crippen LogP) is 2.90. The Hall–Kier alpha value is -0.450. The van der Waals surface area contributed by atoms with Gasteiger partial charge in [0, 0.05) is 5.56 Å². The first-order valence-electron chi connectivity index (χ1n) is 3.73. The Morgan fingerprint density at radius 1 is 1.50 bits per heavy atom. The van der Waals surface area contributed by atoms with Crippen molar-refractivity contribution in [1.82, 2.24) is 4.98 Å². The molecule has 0 saturated carbocycles. The molecule has 1 aromatic rings. The molecule has 0 fully saturated rings. The molecule has 0 aromatic carbocycles. The van der Waals surface area contributed by atoms with E-state index in [2.05, 4.69) is 4.98 Å². The third kappa shape index (κ3) is 2.32. The average Bonchev–Trinajstić information content (AvgIpc) is 2.16. The van der Waals surface area contributed by atoms with E-state index in [1.54, 1.807) is 0 Å². The number of hydrogen-bond donors (Lipinski definition) is 1. The molecule has 0 radical (unpaired) electrons. The van der Waals surface area contributed by atoms with E-state index in [9.17, 15) is 8.78 Å². The first-order chi connectivity index (χ1) is 6.60. The molecule has 1 aromatic heterocycles. The lowest BCUT2D eigenvalue weighted by atomic mass is 10.2. The number of aromatic nitrogens is 1. The van der Waals surface area contributed by atoms with E-state index in [4.69, 9.17) is 28.3 Å². The summed E-state index contributed by atoms with van der Waals surface area (Å²) in [5.74, 6) is -0.0349. The maximum Gasteiger partial charge on any atom is 0.281 e. The number of hydrogen-bond acceptors (Lipinski definition) is 2. The maximum absolute atomic E-state index is 12.3. The van der Waals surface area contributed by atoms with Gasteiger partial charge in [-0.25, -0.2) is 13.8 Å². The number of rotatable bonds is 3. The Bertz CT molecular complexity index is 333. The van der Waals surface area contributed by atoms with E-state index in [-0.39, 0.29) is 23.2 Å². The SMILES string of the molecule is OCc1cc(Cl)c(C(F)F)nc1CCl. The molecular formula is C8H7Cl2F2NO. The van der Waals surface area contributed by atoms with Crippen LogP contribution in [0.1, 0.15) is 23.4 Å². The van der Waals surface area contributed by atoms with Crippen molar-refractivity contribution in [3.63, 3.8) is 0 Å². The van der Waals surface area contributed by atoms with Crippen molar-refractivity contribution in [3.05, 3.63) is 28.0 Å². The molecule has 0 atom stereocenters. The van der Waals surface area contributed by atoms with E-state index in [1.807, 2.05) is 0 Å². The zero-order valence-corrected chi connectivity index (χ0v) is 8.49. The first-order valence-corrected chi connectivity index (χ1v) is 4.64. The molecule has 0 spiro atoms. The summed E-state index contributed by atoms with van der Waals surface area (Å²) in [5, 5.41) is 8.70. The predicted molar refractivity (Wildman–Crippen MR) is 49.7 cm³/mol. The fourth-order valence-corrected chi connectivity index (χ4v) is 1.47. The van der Waals surface area contributed by atoms with E-state index < -0.39 is 12.1 Å². The molecule has 0 bridgehead atoms. The number of aliphatic hydroxyl groups is 1. The van der Waals surface area contributed by atoms with Crippen molar-refractivity contribution in [2.45, 2.75) is 18.9 Å². The normalized spacial score (nSPS) is 11.0. The van der Waals surface area contributed by atoms with Crippen LogP contribution in [0, 0.1) is 0 Å². The van der Waals surface area contributed by atoms with Crippen LogP contribution in [0.3, 0.4) is 0 Å². The molecule has 6 heteroatoms. The smallest absolute Gasteiger partial charge is 0.281 e. The summed E-state index contributed by atoms with van der Waals surface area (Å²) in [7, 11) is 0. The number of halogens is 4. The molecule has 14 heavy (non-hydrogen) atoms. The van der Waals surface area contributed by atoms with Gasteiger partial charge in [0.05, 0.1) is 23.2 Å². The van der Waals surface area contributed by atoms with Crippen molar-refractivity contribution < 1.29 is 13.9 Å². The second kappa shape index (κ2) is 4.87. The fraction of sp³-hybridized carbons (Fsp3) is 0.375. The van der Waals surface area contributed by atoms with Crippen LogP contribution in [0.25, 0.3) is 0 Å². The van der Waals surface area contributed by atoms with Gasteiger partial charge in [-0.3, -0.25) is 0 Å². The minimum Gasteiger partial charge on any atom is -0.392 e. The highest BCUT2D eigenvalue weighted by molar-refractivity contribution is 6.31. The summed E-state index contributed by atoms with van der Waals surface area (Å²) in [5.41, 5.74) is 0.0998. The van der Waals surface area contributed by atoms with E-state index >= 15 is 0 Å². The summed E-state index contributed by atoms with van der Waals surface area (Å²) in [4.78, 5) is 3.59. The molecule has 0 aliphatic rings. The fourth-order valence-electron chi connectivity index (χ4n) is 0.986. The quantitative estimate of drug-likeness (QED) is 0.826. The zero-order chi connectivity index (χ0) is 10.7. The summed E-state index contributed by atoms with van der Waals surface area (Å²) < 4.78 is 24.7. The van der Waals surface area contributed by atoms with Gasteiger partial charge in [0.2, 0.25) is 0 Å². The van der Waals surface area contributed by atoms with Gasteiger partial charge in [0.25, 0.3) is 6.43 Å². The molecule has 1 N–H and O–H groups in total. The highest BCUT2D eigenvalue weighted by Crippen LogP contribution is 2.27. The Labute approximate surface area is 89.5 Å². The lowest BCUT2D eigenvalue weighted by Crippen LogP contribution is -2.01. The largest absolute Gasteiger partial charge is 0.392 e. The highest BCUT2D eigenvalue weighted by atomic mass is 35.5. The highest BCUT2D eigenvalue weighted by Gasteiger charge is 2.16. The van der Waals surface area contributed by atoms with Crippen molar-refractivity contribution >= 4 is 23.2 Å². The van der Waals surface area contributed by atoms with Gasteiger partial charge >= 0.3 is 0 Å². The lowest BCUT2D eigenvalue weighted by Gasteiger charge is -2.08. The second-order valence-corrected chi connectivity index (χ2v) is 3.23. The number of nitrogens with zero attached hydrogens (tertiary/aromatic N) is 1. The van der Waals surface area contributed by atoms with E-state index in [0.717, 1.165) is 0 Å². The molecule has 0 unspecified atom stereocenters. The molecule has 0 aliphatic heterocycles. The first kappa shape index (κ1) is 11.6. The summed E-state index contributed by atoms with van der Waals surface area (Å²) >= 11 is 11.0. The molecule has 0 aliphatic carbocycles. The van der Waals surface area contributed by atoms with Gasteiger partial charge in [-0.05, 0) is 6.07 Å². The van der Waals surface area contributed by atoms with Gasteiger partial charge in [-0.2, -0.15) is 0 Å². The van der Waals surface area contributed by atoms with Crippen LogP contribution in [0.15, 0.2) is 6.07 Å². The minimum atomic E-state index is -2.74. The van der Waals surface area contributed by atoms with Gasteiger partial charge in [0.1, 0.15) is 5.69 Å². The van der Waals surface area contributed by atoms with Crippen LogP contribution in [0.2, 0.25) is 5.02 Å². The van der Waals surface area contributed by atoms with Crippen LogP contribution in [-0.2, 0) is 12.5 Å². The molecule has 1 rings (SSSR count). The molecule has 0 saturated heterocycles. The van der Waals surface area contributed by atoms with Crippen molar-refractivity contribution in [1.29, 1.82) is 0 Å². The van der Waals surface area contributed by atoms with Crippen molar-refractivity contribution in [2.24, 2.45) is 0 Å². The lowest BCUT2D eigenvalue weighted by molar-refractivity contribution is 0.146. The van der Waals surface area contributed by atoms with Gasteiger partial charge in [-0.1, -0.05) is 11.6 Å². The second-order valence-electron chi connectivity index (χ2n) is 2.55. The minimum absolute atomic E-state index is 0.0349. The average molecular weight is 242 g/mol. The third-order valence-electron chi connectivity index (χ3n) is 1.68. The molecular weight excluding hydrogens is 235 g/mol. The van der Waals surface area contributed by atoms with Crippen molar-refractivity contribution in [2.75, 3.05) is 0 Å². The number of alkyl halides is 3. The third-order valence-corrected chi connectivity index (χ3v) is 2.23. The maximum atomic E-state index is 12.3. The molecule has 2 nitrogen and oxygen atoms in total. The Morgan fingerprint density at radius 3 is 2.57 bits per heavy atom. The van der Waals surface area contributed by atoms with Crippen molar-refractivity contribution in [3.8, 4) is 0 Å². The van der Waals surface area contributed by atoms with Crippen LogP contribution in [-0.4, -0.2) is 10.1 Å². The summed E-state index contributed by atoms with van der Waals surface area (Å²) in [6, 6.07) is 1.26. The van der Waals surface area contributed by atoms with Crippen LogP contribution in [0.5, 0.6) is 0 Å². The van der Waals surface area contributed by atoms with Crippen LogP contribution in [0.4, 0.5) is 8.78 Å². The number of aliphatic hydroxyl groups excluding tert-OH is 1. The van der Waals surface area contributed by atoms with E-state index in [0.29, 0.717) is 5.56 Å². The molecule has 0 amide bonds. The topological polar surface area (TPSA) is 33.1 Å². The Kier molecular flexibility index (Phi) is 4.04. The van der Waals surface area contributed by atoms with Gasteiger partial charge in [-0.15, -0.1) is 11.6 Å². The van der Waals surface area contributed by atoms with Gasteiger partial charge in [0.15, 0.2) is 0 Å². The standard InChI is InChI=1S/C8H7Cl2F2NO/c9-2-6-4(3-14)1-5(10)7(13-6)8(11)12/h1,8,14H,2-3H2. The van der Waals surface area contributed by atoms with Gasteiger partial charge < -0.3 is 5.11 Å².